The molecule has 15 heavy (non-hydrogen) atoms. The summed E-state index contributed by atoms with van der Waals surface area (Å²) >= 11 is 0. The Labute approximate surface area is 89.4 Å². The number of hydrogen-bond donors (Lipinski definition) is 1. The number of carbonyl (C=O) groups excluding carboxylic acids is 1. The highest BCUT2D eigenvalue weighted by atomic mass is 16.5. The molecule has 1 aliphatic rings. The Bertz CT molecular complexity index is 374. The van der Waals surface area contributed by atoms with Gasteiger partial charge in [0.15, 0.2) is 0 Å². The van der Waals surface area contributed by atoms with Gasteiger partial charge in [-0.1, -0.05) is 18.2 Å². The molecular formula is C12H15NO2. The van der Waals surface area contributed by atoms with Gasteiger partial charge < -0.3 is 10.1 Å². The maximum absolute atomic E-state index is 11.7. The Kier molecular flexibility index (Phi) is 2.73. The van der Waals surface area contributed by atoms with E-state index >= 15 is 0 Å². The maximum atomic E-state index is 11.7. The van der Waals surface area contributed by atoms with Crippen molar-refractivity contribution in [2.45, 2.75) is 32.5 Å². The summed E-state index contributed by atoms with van der Waals surface area (Å²) in [4.78, 5) is 11.7. The average molecular weight is 205 g/mol. The Morgan fingerprint density at radius 2 is 2.13 bits per heavy atom. The van der Waals surface area contributed by atoms with Crippen LogP contribution in [-0.4, -0.2) is 18.1 Å². The number of ether oxygens (including phenoxy) is 1. The van der Waals surface area contributed by atoms with Crippen molar-refractivity contribution < 1.29 is 9.53 Å². The van der Waals surface area contributed by atoms with Gasteiger partial charge in [-0.3, -0.25) is 4.79 Å². The van der Waals surface area contributed by atoms with Crippen LogP contribution in [0.4, 0.5) is 5.69 Å². The summed E-state index contributed by atoms with van der Waals surface area (Å²) in [6, 6.07) is 7.83. The van der Waals surface area contributed by atoms with Crippen molar-refractivity contribution in [1.82, 2.24) is 0 Å². The summed E-state index contributed by atoms with van der Waals surface area (Å²) in [7, 11) is 0. The summed E-state index contributed by atoms with van der Waals surface area (Å²) in [5.41, 5.74) is 2.05. The number of hydrogen-bond acceptors (Lipinski definition) is 2. The van der Waals surface area contributed by atoms with Crippen molar-refractivity contribution in [2.24, 2.45) is 0 Å². The van der Waals surface area contributed by atoms with Crippen molar-refractivity contribution in [2.75, 3.05) is 5.32 Å². The van der Waals surface area contributed by atoms with E-state index in [0.29, 0.717) is 6.42 Å². The molecule has 1 aromatic rings. The molecule has 0 bridgehead atoms. The SMILES string of the molecule is CC(C)OC1Cc2ccccc2NC1=O. The van der Waals surface area contributed by atoms with E-state index < -0.39 is 0 Å². The summed E-state index contributed by atoms with van der Waals surface area (Å²) in [6.07, 6.45) is 0.395. The van der Waals surface area contributed by atoms with E-state index in [0.717, 1.165) is 11.3 Å². The molecule has 80 valence electrons. The number of para-hydroxylation sites is 1. The number of carbonyl (C=O) groups is 1. The number of benzene rings is 1. The molecule has 1 heterocycles. The van der Waals surface area contributed by atoms with E-state index in [1.165, 1.54) is 0 Å². The van der Waals surface area contributed by atoms with Gasteiger partial charge in [0.2, 0.25) is 0 Å². The molecule has 1 unspecified atom stereocenters. The van der Waals surface area contributed by atoms with Gasteiger partial charge in [0.1, 0.15) is 6.10 Å². The van der Waals surface area contributed by atoms with Crippen LogP contribution < -0.4 is 5.32 Å². The molecular weight excluding hydrogens is 190 g/mol. The normalized spacial score (nSPS) is 19.9. The predicted molar refractivity (Wildman–Crippen MR) is 58.8 cm³/mol. The number of nitrogens with one attached hydrogen (secondary N) is 1. The second-order valence-corrected chi connectivity index (χ2v) is 4.02. The van der Waals surface area contributed by atoms with Crippen molar-refractivity contribution in [3.63, 3.8) is 0 Å². The fourth-order valence-corrected chi connectivity index (χ4v) is 1.76. The quantitative estimate of drug-likeness (QED) is 0.801. The molecule has 1 aliphatic heterocycles. The fraction of sp³-hybridized carbons (Fsp3) is 0.417. The number of amides is 1. The molecule has 3 heteroatoms. The zero-order valence-corrected chi connectivity index (χ0v) is 8.99. The van der Waals surface area contributed by atoms with Gasteiger partial charge in [-0.2, -0.15) is 0 Å². The van der Waals surface area contributed by atoms with Crippen molar-refractivity contribution >= 4 is 11.6 Å². The van der Waals surface area contributed by atoms with Crippen LogP contribution in [0.3, 0.4) is 0 Å². The third-order valence-corrected chi connectivity index (χ3v) is 2.41. The molecule has 2 rings (SSSR count). The molecule has 1 amide bonds. The second-order valence-electron chi connectivity index (χ2n) is 4.02. The van der Waals surface area contributed by atoms with Gasteiger partial charge >= 0.3 is 0 Å². The van der Waals surface area contributed by atoms with E-state index in [4.69, 9.17) is 4.74 Å². The molecule has 0 radical (unpaired) electrons. The molecule has 1 atom stereocenters. The highest BCUT2D eigenvalue weighted by molar-refractivity contribution is 5.97. The zero-order valence-electron chi connectivity index (χ0n) is 8.99. The van der Waals surface area contributed by atoms with E-state index in [-0.39, 0.29) is 18.1 Å². The summed E-state index contributed by atoms with van der Waals surface area (Å²) in [5.74, 6) is -0.0394. The highest BCUT2D eigenvalue weighted by Crippen LogP contribution is 2.23. The topological polar surface area (TPSA) is 38.3 Å². The van der Waals surface area contributed by atoms with Gasteiger partial charge in [0.25, 0.3) is 5.91 Å². The monoisotopic (exact) mass is 205 g/mol. The van der Waals surface area contributed by atoms with Crippen LogP contribution >= 0.6 is 0 Å². The van der Waals surface area contributed by atoms with Crippen LogP contribution in [-0.2, 0) is 16.0 Å². The van der Waals surface area contributed by atoms with E-state index in [1.54, 1.807) is 0 Å². The Hall–Kier alpha value is -1.35. The lowest BCUT2D eigenvalue weighted by Crippen LogP contribution is -2.38. The number of rotatable bonds is 2. The van der Waals surface area contributed by atoms with Crippen LogP contribution in [0, 0.1) is 0 Å². The molecule has 1 aromatic carbocycles. The lowest BCUT2D eigenvalue weighted by molar-refractivity contribution is -0.130. The third-order valence-electron chi connectivity index (χ3n) is 2.41. The number of fused-ring (bicyclic) bond motifs is 1. The van der Waals surface area contributed by atoms with Gasteiger partial charge in [-0.15, -0.1) is 0 Å². The first-order valence-electron chi connectivity index (χ1n) is 5.21. The standard InChI is InChI=1S/C12H15NO2/c1-8(2)15-11-7-9-5-3-4-6-10(9)13-12(11)14/h3-6,8,11H,7H2,1-2H3,(H,13,14). The Morgan fingerprint density at radius 1 is 1.40 bits per heavy atom. The summed E-state index contributed by atoms with van der Waals surface area (Å²) < 4.78 is 5.55. The van der Waals surface area contributed by atoms with Crippen molar-refractivity contribution in [3.05, 3.63) is 29.8 Å². The maximum Gasteiger partial charge on any atom is 0.253 e. The zero-order chi connectivity index (χ0) is 10.8. The molecule has 0 aliphatic carbocycles. The minimum Gasteiger partial charge on any atom is -0.365 e. The van der Waals surface area contributed by atoms with Crippen molar-refractivity contribution in [3.8, 4) is 0 Å². The molecule has 0 aromatic heterocycles. The highest BCUT2D eigenvalue weighted by Gasteiger charge is 2.26. The van der Waals surface area contributed by atoms with Gasteiger partial charge in [0.05, 0.1) is 6.10 Å². The first-order valence-corrected chi connectivity index (χ1v) is 5.21. The molecule has 0 saturated carbocycles. The van der Waals surface area contributed by atoms with Crippen LogP contribution in [0.25, 0.3) is 0 Å². The summed E-state index contributed by atoms with van der Waals surface area (Å²) in [6.45, 7) is 3.88. The first kappa shape index (κ1) is 10.2. The smallest absolute Gasteiger partial charge is 0.253 e. The summed E-state index contributed by atoms with van der Waals surface area (Å²) in [5, 5.41) is 2.85. The minimum atomic E-state index is -0.347. The Morgan fingerprint density at radius 3 is 2.87 bits per heavy atom. The van der Waals surface area contributed by atoms with Crippen LogP contribution in [0.5, 0.6) is 0 Å². The van der Waals surface area contributed by atoms with Crippen LogP contribution in [0.2, 0.25) is 0 Å². The Balaban J connectivity index is 2.18. The van der Waals surface area contributed by atoms with Crippen molar-refractivity contribution in [1.29, 1.82) is 0 Å². The largest absolute Gasteiger partial charge is 0.365 e. The van der Waals surface area contributed by atoms with Gasteiger partial charge in [-0.05, 0) is 25.5 Å². The molecule has 0 fully saturated rings. The van der Waals surface area contributed by atoms with Crippen LogP contribution in [0.15, 0.2) is 24.3 Å². The molecule has 1 N–H and O–H groups in total. The lowest BCUT2D eigenvalue weighted by atomic mass is 10.0. The van der Waals surface area contributed by atoms with Gasteiger partial charge in [-0.25, -0.2) is 0 Å². The van der Waals surface area contributed by atoms with E-state index in [1.807, 2.05) is 38.1 Å². The molecule has 3 nitrogen and oxygen atoms in total. The molecule has 0 saturated heterocycles. The predicted octanol–water partition coefficient (Wildman–Crippen LogP) is 1.97. The van der Waals surface area contributed by atoms with Crippen LogP contribution in [0.1, 0.15) is 19.4 Å². The third kappa shape index (κ3) is 2.18. The first-order chi connectivity index (χ1) is 7.16. The lowest BCUT2D eigenvalue weighted by Gasteiger charge is -2.26. The second kappa shape index (κ2) is 4.03. The van der Waals surface area contributed by atoms with Gasteiger partial charge in [0, 0.05) is 12.1 Å². The fourth-order valence-electron chi connectivity index (χ4n) is 1.76. The van der Waals surface area contributed by atoms with E-state index in [2.05, 4.69) is 5.32 Å². The average Bonchev–Trinajstić information content (AvgIpc) is 2.18. The molecule has 0 spiro atoms. The van der Waals surface area contributed by atoms with E-state index in [9.17, 15) is 4.79 Å². The minimum absolute atomic E-state index is 0.0394. The number of anilines is 1.